The highest BCUT2D eigenvalue weighted by Gasteiger charge is 2.17. The van der Waals surface area contributed by atoms with Gasteiger partial charge in [0.2, 0.25) is 0 Å². The third-order valence-corrected chi connectivity index (χ3v) is 2.48. The maximum absolute atomic E-state index is 11.0. The molecule has 1 aromatic carbocycles. The van der Waals surface area contributed by atoms with E-state index >= 15 is 0 Å². The van der Waals surface area contributed by atoms with E-state index in [0.717, 1.165) is 11.0 Å². The van der Waals surface area contributed by atoms with Crippen LogP contribution in [0.4, 0.5) is 0 Å². The maximum atomic E-state index is 11.0. The Morgan fingerprint density at radius 2 is 2.12 bits per heavy atom. The summed E-state index contributed by atoms with van der Waals surface area (Å²) in [6.07, 6.45) is 1.34. The van der Waals surface area contributed by atoms with E-state index < -0.39 is 5.97 Å². The van der Waals surface area contributed by atoms with E-state index in [1.54, 1.807) is 0 Å². The van der Waals surface area contributed by atoms with Gasteiger partial charge in [-0.2, -0.15) is 5.10 Å². The van der Waals surface area contributed by atoms with Crippen molar-refractivity contribution in [1.82, 2.24) is 20.2 Å². The molecule has 0 bridgehead atoms. The molecule has 6 heteroatoms. The fourth-order valence-corrected chi connectivity index (χ4v) is 1.70. The van der Waals surface area contributed by atoms with Crippen molar-refractivity contribution in [2.75, 3.05) is 0 Å². The normalized spacial score (nSPS) is 10.8. The van der Waals surface area contributed by atoms with E-state index in [4.69, 9.17) is 5.11 Å². The summed E-state index contributed by atoms with van der Waals surface area (Å²) in [4.78, 5) is 18.3. The van der Waals surface area contributed by atoms with Crippen LogP contribution in [0.15, 0.2) is 30.5 Å². The quantitative estimate of drug-likeness (QED) is 0.621. The molecule has 3 rings (SSSR count). The molecule has 0 aliphatic rings. The largest absolute Gasteiger partial charge is 0.478 e. The number of carbonyl (C=O) groups is 1. The Morgan fingerprint density at radius 1 is 1.29 bits per heavy atom. The number of hydrogen-bond acceptors (Lipinski definition) is 3. The molecule has 84 valence electrons. The lowest BCUT2D eigenvalue weighted by Gasteiger charge is -1.91. The minimum atomic E-state index is -1.03. The first-order valence-electron chi connectivity index (χ1n) is 4.98. The number of aromatic nitrogens is 4. The van der Waals surface area contributed by atoms with Gasteiger partial charge in [0.15, 0.2) is 5.82 Å². The SMILES string of the molecule is O=C(O)c1c[nH]nc1-c1nc2ccccc2[nH]1. The van der Waals surface area contributed by atoms with Gasteiger partial charge in [-0.15, -0.1) is 0 Å². The summed E-state index contributed by atoms with van der Waals surface area (Å²) < 4.78 is 0. The molecule has 0 unspecified atom stereocenters. The molecule has 0 saturated heterocycles. The first kappa shape index (κ1) is 9.59. The van der Waals surface area contributed by atoms with E-state index in [1.807, 2.05) is 24.3 Å². The molecular weight excluding hydrogens is 220 g/mol. The van der Waals surface area contributed by atoms with Gasteiger partial charge >= 0.3 is 5.97 Å². The number of rotatable bonds is 2. The van der Waals surface area contributed by atoms with Gasteiger partial charge in [-0.3, -0.25) is 5.10 Å². The van der Waals surface area contributed by atoms with Gasteiger partial charge in [-0.25, -0.2) is 9.78 Å². The Balaban J connectivity index is 2.20. The second-order valence-corrected chi connectivity index (χ2v) is 3.56. The van der Waals surface area contributed by atoms with Gasteiger partial charge in [0, 0.05) is 6.20 Å². The van der Waals surface area contributed by atoms with Gasteiger partial charge in [0.05, 0.1) is 11.0 Å². The summed E-state index contributed by atoms with van der Waals surface area (Å²) in [5.74, 6) is -0.584. The van der Waals surface area contributed by atoms with Gasteiger partial charge in [-0.1, -0.05) is 12.1 Å². The maximum Gasteiger partial charge on any atom is 0.339 e. The Labute approximate surface area is 95.3 Å². The van der Waals surface area contributed by atoms with Crippen LogP contribution in [0.5, 0.6) is 0 Å². The van der Waals surface area contributed by atoms with Crippen LogP contribution in [-0.2, 0) is 0 Å². The molecule has 0 aliphatic carbocycles. The molecule has 2 heterocycles. The smallest absolute Gasteiger partial charge is 0.339 e. The lowest BCUT2D eigenvalue weighted by molar-refractivity contribution is 0.0697. The molecule has 0 radical (unpaired) electrons. The summed E-state index contributed by atoms with van der Waals surface area (Å²) in [6.45, 7) is 0. The number of imidazole rings is 1. The molecule has 0 spiro atoms. The molecular formula is C11H8N4O2. The number of H-pyrrole nitrogens is 2. The summed E-state index contributed by atoms with van der Waals surface area (Å²) in [5.41, 5.74) is 2.04. The first-order valence-corrected chi connectivity index (χ1v) is 4.98. The standard InChI is InChI=1S/C11H8N4O2/c16-11(17)6-5-12-15-9(6)10-13-7-3-1-2-4-8(7)14-10/h1-5H,(H,12,15)(H,13,14)(H,16,17). The minimum absolute atomic E-state index is 0.101. The van der Waals surface area contributed by atoms with Gasteiger partial charge in [0.1, 0.15) is 11.3 Å². The number of fused-ring (bicyclic) bond motifs is 1. The minimum Gasteiger partial charge on any atom is -0.478 e. The number of carboxylic acids is 1. The van der Waals surface area contributed by atoms with Crippen molar-refractivity contribution in [3.8, 4) is 11.5 Å². The van der Waals surface area contributed by atoms with Crippen LogP contribution in [0.1, 0.15) is 10.4 Å². The van der Waals surface area contributed by atoms with Crippen molar-refractivity contribution in [3.63, 3.8) is 0 Å². The van der Waals surface area contributed by atoms with Crippen molar-refractivity contribution >= 4 is 17.0 Å². The molecule has 17 heavy (non-hydrogen) atoms. The Morgan fingerprint density at radius 3 is 2.88 bits per heavy atom. The molecule has 6 nitrogen and oxygen atoms in total. The van der Waals surface area contributed by atoms with Crippen molar-refractivity contribution in [2.45, 2.75) is 0 Å². The van der Waals surface area contributed by atoms with Crippen LogP contribution in [-0.4, -0.2) is 31.2 Å². The summed E-state index contributed by atoms with van der Waals surface area (Å²) in [6, 6.07) is 7.48. The zero-order valence-corrected chi connectivity index (χ0v) is 8.64. The third-order valence-electron chi connectivity index (χ3n) is 2.48. The van der Waals surface area contributed by atoms with Crippen molar-refractivity contribution in [3.05, 3.63) is 36.0 Å². The highest BCUT2D eigenvalue weighted by Crippen LogP contribution is 2.21. The number of carboxylic acid groups (broad SMARTS) is 1. The van der Waals surface area contributed by atoms with E-state index in [1.165, 1.54) is 6.20 Å². The van der Waals surface area contributed by atoms with Crippen LogP contribution in [0.3, 0.4) is 0 Å². The number of aromatic amines is 2. The van der Waals surface area contributed by atoms with Crippen LogP contribution >= 0.6 is 0 Å². The zero-order chi connectivity index (χ0) is 11.8. The molecule has 0 aliphatic heterocycles. The first-order chi connectivity index (χ1) is 8.25. The topological polar surface area (TPSA) is 94.7 Å². The summed E-state index contributed by atoms with van der Waals surface area (Å²) in [5, 5.41) is 15.4. The van der Waals surface area contributed by atoms with Gasteiger partial charge < -0.3 is 10.1 Å². The highest BCUT2D eigenvalue weighted by atomic mass is 16.4. The fourth-order valence-electron chi connectivity index (χ4n) is 1.70. The van der Waals surface area contributed by atoms with E-state index in [-0.39, 0.29) is 5.56 Å². The average molecular weight is 228 g/mol. The Kier molecular flexibility index (Phi) is 1.94. The average Bonchev–Trinajstić information content (AvgIpc) is 2.95. The number of nitrogens with one attached hydrogen (secondary N) is 2. The number of para-hydroxylation sites is 2. The monoisotopic (exact) mass is 228 g/mol. The van der Waals surface area contributed by atoms with Crippen LogP contribution < -0.4 is 0 Å². The van der Waals surface area contributed by atoms with Crippen LogP contribution in [0.25, 0.3) is 22.6 Å². The molecule has 0 saturated carbocycles. The molecule has 3 N–H and O–H groups in total. The van der Waals surface area contributed by atoms with Crippen molar-refractivity contribution in [1.29, 1.82) is 0 Å². The lowest BCUT2D eigenvalue weighted by atomic mass is 10.2. The fraction of sp³-hybridized carbons (Fsp3) is 0. The van der Waals surface area contributed by atoms with E-state index in [9.17, 15) is 4.79 Å². The number of aromatic carboxylic acids is 1. The molecule has 2 aromatic heterocycles. The number of benzene rings is 1. The molecule has 3 aromatic rings. The summed E-state index contributed by atoms with van der Waals surface area (Å²) in [7, 11) is 0. The van der Waals surface area contributed by atoms with E-state index in [2.05, 4.69) is 20.2 Å². The Bertz CT molecular complexity index is 665. The second-order valence-electron chi connectivity index (χ2n) is 3.56. The third kappa shape index (κ3) is 1.46. The zero-order valence-electron chi connectivity index (χ0n) is 8.64. The Hall–Kier alpha value is -2.63. The molecule has 0 atom stereocenters. The molecule has 0 amide bonds. The van der Waals surface area contributed by atoms with Crippen LogP contribution in [0, 0.1) is 0 Å². The predicted octanol–water partition coefficient (Wildman–Crippen LogP) is 1.65. The van der Waals surface area contributed by atoms with E-state index in [0.29, 0.717) is 11.5 Å². The lowest BCUT2D eigenvalue weighted by Crippen LogP contribution is -1.97. The molecule has 0 fully saturated rings. The number of nitrogens with zero attached hydrogens (tertiary/aromatic N) is 2. The summed E-state index contributed by atoms with van der Waals surface area (Å²) >= 11 is 0. The van der Waals surface area contributed by atoms with Gasteiger partial charge in [0.25, 0.3) is 0 Å². The van der Waals surface area contributed by atoms with Crippen molar-refractivity contribution < 1.29 is 9.90 Å². The highest BCUT2D eigenvalue weighted by molar-refractivity contribution is 5.94. The van der Waals surface area contributed by atoms with Crippen molar-refractivity contribution in [2.24, 2.45) is 0 Å². The number of hydrogen-bond donors (Lipinski definition) is 3. The van der Waals surface area contributed by atoms with Gasteiger partial charge in [-0.05, 0) is 12.1 Å². The van der Waals surface area contributed by atoms with Crippen LogP contribution in [0.2, 0.25) is 0 Å². The predicted molar refractivity (Wildman–Crippen MR) is 60.6 cm³/mol. The second kappa shape index (κ2) is 3.44.